The van der Waals surface area contributed by atoms with E-state index < -0.39 is 0 Å². The summed E-state index contributed by atoms with van der Waals surface area (Å²) in [5.74, 6) is 5.58. The van der Waals surface area contributed by atoms with Crippen LogP contribution >= 0.6 is 11.6 Å². The summed E-state index contributed by atoms with van der Waals surface area (Å²) in [4.78, 5) is 28.4. The molecule has 37 heavy (non-hydrogen) atoms. The zero-order chi connectivity index (χ0) is 27.0. The molecule has 2 heterocycles. The number of halogens is 1. The second kappa shape index (κ2) is 10.4. The van der Waals surface area contributed by atoms with Crippen molar-refractivity contribution in [3.05, 3.63) is 92.0 Å². The lowest BCUT2D eigenvalue weighted by Crippen LogP contribution is -2.35. The minimum Gasteiger partial charge on any atom is -0.348 e. The molecule has 0 spiro atoms. The molecule has 3 N–H and O–H groups in total. The summed E-state index contributed by atoms with van der Waals surface area (Å²) in [5, 5.41) is 4.13. The Morgan fingerprint density at radius 3 is 2.38 bits per heavy atom. The zero-order valence-corrected chi connectivity index (χ0v) is 23.0. The van der Waals surface area contributed by atoms with Crippen LogP contribution in [0.4, 0.5) is 0 Å². The van der Waals surface area contributed by atoms with Gasteiger partial charge in [-0.1, -0.05) is 35.9 Å². The quantitative estimate of drug-likeness (QED) is 0.335. The Kier molecular flexibility index (Phi) is 7.48. The van der Waals surface area contributed by atoms with Crippen molar-refractivity contribution >= 4 is 28.4 Å². The first-order valence-corrected chi connectivity index (χ1v) is 12.7. The van der Waals surface area contributed by atoms with E-state index in [1.54, 1.807) is 6.92 Å². The summed E-state index contributed by atoms with van der Waals surface area (Å²) in [7, 11) is 4.08. The second-order valence-electron chi connectivity index (χ2n) is 10.1. The molecule has 2 aromatic carbocycles. The highest BCUT2D eigenvalue weighted by Crippen LogP contribution is 2.35. The molecule has 4 rings (SSSR count). The summed E-state index contributed by atoms with van der Waals surface area (Å²) in [5.41, 5.74) is 6.06. The fourth-order valence-corrected chi connectivity index (χ4v) is 5.01. The lowest BCUT2D eigenvalue weighted by Gasteiger charge is -2.15. The summed E-state index contributed by atoms with van der Waals surface area (Å²) in [6.07, 6.45) is 1.87. The molecule has 0 aliphatic rings. The fourth-order valence-electron chi connectivity index (χ4n) is 4.70. The lowest BCUT2D eigenvalue weighted by atomic mass is 9.98. The highest BCUT2D eigenvalue weighted by Gasteiger charge is 2.20. The van der Waals surface area contributed by atoms with E-state index in [1.165, 1.54) is 5.56 Å². The van der Waals surface area contributed by atoms with Crippen LogP contribution in [0.1, 0.15) is 52.6 Å². The molecule has 0 aliphatic heterocycles. The Bertz CT molecular complexity index is 1530. The number of amides is 1. The fraction of sp³-hybridized carbons (Fsp3) is 0.310. The Morgan fingerprint density at radius 1 is 1.08 bits per heavy atom. The van der Waals surface area contributed by atoms with E-state index in [0.717, 1.165) is 33.4 Å². The van der Waals surface area contributed by atoms with Crippen LogP contribution in [0.3, 0.4) is 0 Å². The number of nitrogen functional groups attached to an aromatic ring is 1. The number of aromatic nitrogens is 2. The number of nitrogens with two attached hydrogens (primary N) is 1. The largest absolute Gasteiger partial charge is 0.348 e. The highest BCUT2D eigenvalue weighted by molar-refractivity contribution is 6.37. The van der Waals surface area contributed by atoms with Crippen molar-refractivity contribution in [2.24, 2.45) is 0 Å². The number of nitrogens with zero attached hydrogens (tertiary/aromatic N) is 3. The summed E-state index contributed by atoms with van der Waals surface area (Å²) >= 11 is 6.67. The van der Waals surface area contributed by atoms with Gasteiger partial charge in [-0.3, -0.25) is 9.59 Å². The number of pyridine rings is 1. The SMILES string of the molecule is Cc1cc(C)n(N)c(=O)c1CNC(=O)c1cc(-c2ccc(CN(C)C)cc2)cc2c1c(Cl)cn2C(C)C. The van der Waals surface area contributed by atoms with Crippen LogP contribution in [-0.2, 0) is 13.1 Å². The van der Waals surface area contributed by atoms with E-state index in [4.69, 9.17) is 17.4 Å². The standard InChI is InChI=1S/C29H34ClN5O2/c1-17(2)34-16-25(30)27-23(28(36)32-14-24-18(3)11-19(4)35(31)29(24)37)12-22(13-26(27)34)21-9-7-20(8-10-21)15-33(5)6/h7-13,16-17H,14-15,31H2,1-6H3,(H,32,36). The lowest BCUT2D eigenvalue weighted by molar-refractivity contribution is 0.0952. The minimum absolute atomic E-state index is 0.0639. The van der Waals surface area contributed by atoms with E-state index >= 15 is 0 Å². The van der Waals surface area contributed by atoms with E-state index in [2.05, 4.69) is 59.0 Å². The number of rotatable bonds is 7. The molecule has 0 aliphatic carbocycles. The molecule has 194 valence electrons. The minimum atomic E-state index is -0.321. The van der Waals surface area contributed by atoms with Crippen molar-refractivity contribution in [3.63, 3.8) is 0 Å². The van der Waals surface area contributed by atoms with Gasteiger partial charge >= 0.3 is 0 Å². The zero-order valence-electron chi connectivity index (χ0n) is 22.2. The number of fused-ring (bicyclic) bond motifs is 1. The number of nitrogens with one attached hydrogen (secondary N) is 1. The molecule has 7 nitrogen and oxygen atoms in total. The average molecular weight is 520 g/mol. The van der Waals surface area contributed by atoms with Gasteiger partial charge in [-0.05, 0) is 82.2 Å². The van der Waals surface area contributed by atoms with Crippen LogP contribution in [0.15, 0.2) is 53.5 Å². The Balaban J connectivity index is 1.77. The third-order valence-electron chi connectivity index (χ3n) is 6.66. The number of hydrogen-bond acceptors (Lipinski definition) is 4. The first kappa shape index (κ1) is 26.5. The molecule has 0 bridgehead atoms. The highest BCUT2D eigenvalue weighted by atomic mass is 35.5. The number of carbonyl (C=O) groups is 1. The van der Waals surface area contributed by atoms with Gasteiger partial charge in [0.05, 0.1) is 16.1 Å². The van der Waals surface area contributed by atoms with Gasteiger partial charge in [0.2, 0.25) is 0 Å². The van der Waals surface area contributed by atoms with Gasteiger partial charge in [-0.25, -0.2) is 4.68 Å². The summed E-state index contributed by atoms with van der Waals surface area (Å²) < 4.78 is 3.18. The first-order chi connectivity index (χ1) is 17.5. The molecule has 8 heteroatoms. The normalized spacial score (nSPS) is 11.6. The molecular formula is C29H34ClN5O2. The smallest absolute Gasteiger partial charge is 0.274 e. The van der Waals surface area contributed by atoms with Crippen molar-refractivity contribution in [2.75, 3.05) is 19.9 Å². The third-order valence-corrected chi connectivity index (χ3v) is 6.94. The van der Waals surface area contributed by atoms with Crippen molar-refractivity contribution in [1.82, 2.24) is 19.5 Å². The number of hydrogen-bond donors (Lipinski definition) is 2. The number of aryl methyl sites for hydroxylation is 2. The average Bonchev–Trinajstić information content (AvgIpc) is 3.18. The van der Waals surface area contributed by atoms with Crippen molar-refractivity contribution in [2.45, 2.75) is 46.8 Å². The second-order valence-corrected chi connectivity index (χ2v) is 10.5. The number of benzene rings is 2. The molecule has 0 saturated heterocycles. The van der Waals surface area contributed by atoms with Crippen molar-refractivity contribution in [1.29, 1.82) is 0 Å². The molecule has 0 unspecified atom stereocenters. The van der Waals surface area contributed by atoms with Crippen LogP contribution in [-0.4, -0.2) is 34.1 Å². The predicted octanol–water partition coefficient (Wildman–Crippen LogP) is 5.03. The van der Waals surface area contributed by atoms with Gasteiger partial charge in [-0.15, -0.1) is 0 Å². The molecule has 0 fully saturated rings. The molecular weight excluding hydrogens is 486 g/mol. The molecule has 1 amide bonds. The molecule has 0 saturated carbocycles. The molecule has 2 aromatic heterocycles. The molecule has 0 radical (unpaired) electrons. The van der Waals surface area contributed by atoms with Crippen LogP contribution < -0.4 is 16.7 Å². The third kappa shape index (κ3) is 5.29. The van der Waals surface area contributed by atoms with E-state index in [-0.39, 0.29) is 24.1 Å². The van der Waals surface area contributed by atoms with Gasteiger partial charge in [0, 0.05) is 42.0 Å². The van der Waals surface area contributed by atoms with Crippen LogP contribution in [0.2, 0.25) is 5.02 Å². The number of carbonyl (C=O) groups excluding carboxylic acids is 1. The van der Waals surface area contributed by atoms with Gasteiger partial charge in [0.15, 0.2) is 0 Å². The van der Waals surface area contributed by atoms with Gasteiger partial charge in [-0.2, -0.15) is 0 Å². The van der Waals surface area contributed by atoms with E-state index in [9.17, 15) is 9.59 Å². The van der Waals surface area contributed by atoms with E-state index in [1.807, 2.05) is 39.3 Å². The van der Waals surface area contributed by atoms with E-state index in [0.29, 0.717) is 27.2 Å². The Hall–Kier alpha value is -3.55. The van der Waals surface area contributed by atoms with Gasteiger partial charge < -0.3 is 20.6 Å². The summed E-state index contributed by atoms with van der Waals surface area (Å²) in [6, 6.07) is 14.3. The monoisotopic (exact) mass is 519 g/mol. The Labute approximate surface area is 222 Å². The van der Waals surface area contributed by atoms with Gasteiger partial charge in [0.25, 0.3) is 11.5 Å². The van der Waals surface area contributed by atoms with Crippen molar-refractivity contribution in [3.8, 4) is 11.1 Å². The first-order valence-electron chi connectivity index (χ1n) is 12.3. The predicted molar refractivity (Wildman–Crippen MR) is 152 cm³/mol. The van der Waals surface area contributed by atoms with Crippen LogP contribution in [0, 0.1) is 13.8 Å². The van der Waals surface area contributed by atoms with Crippen molar-refractivity contribution < 1.29 is 4.79 Å². The van der Waals surface area contributed by atoms with Crippen LogP contribution in [0.5, 0.6) is 0 Å². The maximum absolute atomic E-state index is 13.6. The molecule has 0 atom stereocenters. The summed E-state index contributed by atoms with van der Waals surface area (Å²) in [6.45, 7) is 8.68. The van der Waals surface area contributed by atoms with Crippen LogP contribution in [0.25, 0.3) is 22.0 Å². The topological polar surface area (TPSA) is 85.3 Å². The van der Waals surface area contributed by atoms with Gasteiger partial charge in [0.1, 0.15) is 0 Å². The Morgan fingerprint density at radius 2 is 1.76 bits per heavy atom. The maximum atomic E-state index is 13.6. The molecule has 4 aromatic rings. The maximum Gasteiger partial charge on any atom is 0.274 e.